The number of rotatable bonds is 6. The summed E-state index contributed by atoms with van der Waals surface area (Å²) in [4.78, 5) is 45.7. The first-order chi connectivity index (χ1) is 18.2. The second kappa shape index (κ2) is 10.8. The Morgan fingerprint density at radius 1 is 1.15 bits per heavy atom. The van der Waals surface area contributed by atoms with Crippen molar-refractivity contribution in [2.75, 3.05) is 12.8 Å². The van der Waals surface area contributed by atoms with Crippen molar-refractivity contribution in [3.05, 3.63) is 47.1 Å². The van der Waals surface area contributed by atoms with Crippen LogP contribution in [0.3, 0.4) is 0 Å². The number of benzene rings is 1. The van der Waals surface area contributed by atoms with Crippen molar-refractivity contribution in [3.8, 4) is 17.5 Å². The number of nitrogens with zero attached hydrogens (tertiary/aromatic N) is 4. The highest BCUT2D eigenvalue weighted by Gasteiger charge is 2.41. The summed E-state index contributed by atoms with van der Waals surface area (Å²) >= 11 is 0.554. The lowest BCUT2D eigenvalue weighted by Gasteiger charge is -2.44. The number of carboxylic acid groups (broad SMARTS) is 1. The van der Waals surface area contributed by atoms with Gasteiger partial charge < -0.3 is 19.5 Å². The minimum atomic E-state index is -3.99. The molecule has 3 amide bonds. The minimum absolute atomic E-state index is 0.000396. The van der Waals surface area contributed by atoms with Gasteiger partial charge in [-0.1, -0.05) is 32.9 Å². The van der Waals surface area contributed by atoms with E-state index in [0.29, 0.717) is 48.3 Å². The van der Waals surface area contributed by atoms with E-state index in [1.807, 2.05) is 20.8 Å². The standard InChI is InChI=1S/C25H28N4O8S2/c1-25(2,3)19-12-17(9-10-28(19)23(31)32)37-21-13-20(26-14-27-21)36-16-7-5-15(6-8-16)11-18-22(30)29(24(33)38-18)39(4,34)35/h5-8,11,13-14,17,19H,9-10,12H2,1-4H3,(H,31,32). The number of imide groups is 1. The number of aromatic nitrogens is 2. The molecule has 0 aliphatic carbocycles. The van der Waals surface area contributed by atoms with Crippen LogP contribution < -0.4 is 9.47 Å². The van der Waals surface area contributed by atoms with Gasteiger partial charge in [0.25, 0.3) is 5.91 Å². The molecule has 0 saturated carbocycles. The fraction of sp³-hybridized carbons (Fsp3) is 0.400. The van der Waals surface area contributed by atoms with Crippen molar-refractivity contribution in [1.82, 2.24) is 19.2 Å². The number of thioether (sulfide) groups is 1. The van der Waals surface area contributed by atoms with Gasteiger partial charge in [0.15, 0.2) is 0 Å². The Morgan fingerprint density at radius 3 is 2.41 bits per heavy atom. The molecule has 39 heavy (non-hydrogen) atoms. The van der Waals surface area contributed by atoms with Crippen LogP contribution in [0.5, 0.6) is 17.5 Å². The van der Waals surface area contributed by atoms with Crippen LogP contribution in [-0.2, 0) is 14.8 Å². The van der Waals surface area contributed by atoms with Gasteiger partial charge in [-0.15, -0.1) is 0 Å². The Labute approximate surface area is 230 Å². The number of piperidine rings is 1. The lowest BCUT2D eigenvalue weighted by atomic mass is 9.80. The van der Waals surface area contributed by atoms with Crippen molar-refractivity contribution in [3.63, 3.8) is 0 Å². The molecule has 0 bridgehead atoms. The summed E-state index contributed by atoms with van der Waals surface area (Å²) in [5.74, 6) is 0.0874. The Morgan fingerprint density at radius 2 is 1.82 bits per heavy atom. The smallest absolute Gasteiger partial charge is 0.407 e. The molecule has 2 fully saturated rings. The summed E-state index contributed by atoms with van der Waals surface area (Å²) in [5.41, 5.74) is 0.309. The molecule has 2 atom stereocenters. The molecule has 2 saturated heterocycles. The third-order valence-corrected chi connectivity index (χ3v) is 8.17. The van der Waals surface area contributed by atoms with E-state index in [1.54, 1.807) is 30.3 Å². The fourth-order valence-electron chi connectivity index (χ4n) is 4.35. The van der Waals surface area contributed by atoms with Gasteiger partial charge in [0.05, 0.1) is 17.2 Å². The van der Waals surface area contributed by atoms with Gasteiger partial charge in [0.2, 0.25) is 21.8 Å². The van der Waals surface area contributed by atoms with Crippen LogP contribution in [0.15, 0.2) is 41.6 Å². The van der Waals surface area contributed by atoms with Crippen molar-refractivity contribution in [1.29, 1.82) is 0 Å². The average Bonchev–Trinajstić information content (AvgIpc) is 3.12. The van der Waals surface area contributed by atoms with Crippen molar-refractivity contribution < 1.29 is 37.4 Å². The Hall–Kier alpha value is -3.65. The zero-order chi connectivity index (χ0) is 28.5. The van der Waals surface area contributed by atoms with Crippen molar-refractivity contribution >= 4 is 45.1 Å². The molecule has 0 spiro atoms. The van der Waals surface area contributed by atoms with Gasteiger partial charge in [0, 0.05) is 25.4 Å². The minimum Gasteiger partial charge on any atom is -0.474 e. The SMILES string of the molecule is CC(C)(C)C1CC(Oc2cc(Oc3ccc(C=C4SC(=O)N(S(C)(=O)=O)C4=O)cc3)ncn2)CCN1C(=O)O. The first kappa shape index (κ1) is 28.4. The van der Waals surface area contributed by atoms with Gasteiger partial charge in [-0.25, -0.2) is 23.2 Å². The van der Waals surface area contributed by atoms with Crippen LogP contribution in [0.1, 0.15) is 39.2 Å². The molecule has 2 unspecified atom stereocenters. The number of likely N-dealkylation sites (tertiary alicyclic amines) is 1. The number of amides is 3. The van der Waals surface area contributed by atoms with Crippen LogP contribution in [-0.4, -0.2) is 74.9 Å². The summed E-state index contributed by atoms with van der Waals surface area (Å²) in [7, 11) is -3.99. The van der Waals surface area contributed by atoms with E-state index < -0.39 is 27.3 Å². The number of ether oxygens (including phenoxy) is 2. The van der Waals surface area contributed by atoms with Gasteiger partial charge in [0.1, 0.15) is 18.2 Å². The largest absolute Gasteiger partial charge is 0.474 e. The highest BCUT2D eigenvalue weighted by atomic mass is 32.2. The normalized spacial score (nSPS) is 21.4. The zero-order valence-electron chi connectivity index (χ0n) is 21.7. The molecule has 12 nitrogen and oxygen atoms in total. The topological polar surface area (TPSA) is 156 Å². The number of hydrogen-bond donors (Lipinski definition) is 1. The lowest BCUT2D eigenvalue weighted by molar-refractivity contribution is -0.119. The van der Waals surface area contributed by atoms with E-state index in [-0.39, 0.29) is 32.7 Å². The molecule has 1 aromatic heterocycles. The molecule has 4 rings (SSSR count). The van der Waals surface area contributed by atoms with Crippen molar-refractivity contribution in [2.24, 2.45) is 5.41 Å². The predicted molar refractivity (Wildman–Crippen MR) is 143 cm³/mol. The first-order valence-corrected chi connectivity index (χ1v) is 14.6. The maximum Gasteiger partial charge on any atom is 0.407 e. The van der Waals surface area contributed by atoms with E-state index in [0.717, 1.165) is 6.26 Å². The van der Waals surface area contributed by atoms with E-state index in [1.165, 1.54) is 17.3 Å². The number of carbonyl (C=O) groups is 3. The maximum absolute atomic E-state index is 12.3. The highest BCUT2D eigenvalue weighted by Crippen LogP contribution is 2.35. The summed E-state index contributed by atoms with van der Waals surface area (Å²) in [6, 6.07) is 7.89. The molecule has 2 aromatic rings. The molecule has 14 heteroatoms. The molecule has 2 aliphatic heterocycles. The predicted octanol–water partition coefficient (Wildman–Crippen LogP) is 4.20. The molecule has 208 valence electrons. The van der Waals surface area contributed by atoms with E-state index >= 15 is 0 Å². The van der Waals surface area contributed by atoms with E-state index in [4.69, 9.17) is 9.47 Å². The third kappa shape index (κ3) is 6.68. The average molecular weight is 577 g/mol. The second-order valence-corrected chi connectivity index (χ2v) is 13.0. The quantitative estimate of drug-likeness (QED) is 0.492. The van der Waals surface area contributed by atoms with Crippen LogP contribution in [0.4, 0.5) is 9.59 Å². The van der Waals surface area contributed by atoms with Crippen LogP contribution in [0.2, 0.25) is 0 Å². The van der Waals surface area contributed by atoms with Crippen LogP contribution >= 0.6 is 11.8 Å². The Kier molecular flexibility index (Phi) is 7.89. The van der Waals surface area contributed by atoms with Crippen LogP contribution in [0, 0.1) is 5.41 Å². The summed E-state index contributed by atoms with van der Waals surface area (Å²) in [6.45, 7) is 6.37. The van der Waals surface area contributed by atoms with Gasteiger partial charge in [-0.3, -0.25) is 9.59 Å². The molecule has 2 aliphatic rings. The van der Waals surface area contributed by atoms with Gasteiger partial charge >= 0.3 is 11.3 Å². The molecular formula is C25H28N4O8S2. The maximum atomic E-state index is 12.3. The zero-order valence-corrected chi connectivity index (χ0v) is 23.4. The number of sulfonamides is 1. The van der Waals surface area contributed by atoms with E-state index in [9.17, 15) is 27.9 Å². The lowest BCUT2D eigenvalue weighted by Crippen LogP contribution is -2.53. The molecule has 1 aromatic carbocycles. The number of hydrogen-bond acceptors (Lipinski definition) is 10. The first-order valence-electron chi connectivity index (χ1n) is 12.0. The summed E-state index contributed by atoms with van der Waals surface area (Å²) in [5, 5.41) is 8.70. The Bertz CT molecular complexity index is 1420. The third-order valence-electron chi connectivity index (χ3n) is 6.19. The number of carbonyl (C=O) groups excluding carboxylic acids is 2. The Balaban J connectivity index is 1.41. The molecule has 3 heterocycles. The van der Waals surface area contributed by atoms with Crippen molar-refractivity contribution in [2.45, 2.75) is 45.8 Å². The van der Waals surface area contributed by atoms with Gasteiger partial charge in [-0.05, 0) is 40.9 Å². The van der Waals surface area contributed by atoms with Gasteiger partial charge in [-0.2, -0.15) is 4.31 Å². The molecular weight excluding hydrogens is 548 g/mol. The highest BCUT2D eigenvalue weighted by molar-refractivity contribution is 8.19. The molecule has 1 N–H and O–H groups in total. The van der Waals surface area contributed by atoms with E-state index in [2.05, 4.69) is 9.97 Å². The second-order valence-electron chi connectivity index (χ2n) is 10.2. The monoisotopic (exact) mass is 576 g/mol. The summed E-state index contributed by atoms with van der Waals surface area (Å²) in [6.07, 6.45) is 3.44. The van der Waals surface area contributed by atoms with Crippen LogP contribution in [0.25, 0.3) is 6.08 Å². The molecule has 0 radical (unpaired) electrons. The fourth-order valence-corrected chi connectivity index (χ4v) is 6.32. The summed E-state index contributed by atoms with van der Waals surface area (Å²) < 4.78 is 35.5.